The lowest BCUT2D eigenvalue weighted by molar-refractivity contribution is 0.118. The molecule has 3 N–H and O–H groups in total. The number of ether oxygens (including phenoxy) is 1. The number of pyridine rings is 1. The molecule has 1 heterocycles. The number of hydrogen-bond donors (Lipinski definition) is 3. The van der Waals surface area contributed by atoms with E-state index in [-0.39, 0.29) is 18.2 Å². The van der Waals surface area contributed by atoms with Crippen molar-refractivity contribution in [3.05, 3.63) is 30.3 Å². The summed E-state index contributed by atoms with van der Waals surface area (Å²) in [6.07, 6.45) is 2.90. The van der Waals surface area contributed by atoms with Crippen molar-refractivity contribution in [1.82, 2.24) is 10.3 Å². The Morgan fingerprint density at radius 2 is 2.00 bits per heavy atom. The van der Waals surface area contributed by atoms with Gasteiger partial charge in [0.05, 0.1) is 18.7 Å². The highest BCUT2D eigenvalue weighted by Crippen LogP contribution is 2.21. The fourth-order valence-corrected chi connectivity index (χ4v) is 2.87. The Labute approximate surface area is 134 Å². The monoisotopic (exact) mass is 315 g/mol. The van der Waals surface area contributed by atoms with Gasteiger partial charge in [0.25, 0.3) is 0 Å². The minimum absolute atomic E-state index is 0.129. The Balaban J connectivity index is 1.63. The van der Waals surface area contributed by atoms with Gasteiger partial charge in [0.1, 0.15) is 0 Å². The standard InChI is InChI=1S/C17H21N3O3/c1-23-16-9-2-11-10-13(5-8-15(11)20-16)19-17(22)18-12-3-6-14(21)7-4-12/h2,5,8-10,12,14,21H,3-4,6-7H2,1H3,(H2,18,19,22). The Morgan fingerprint density at radius 3 is 2.74 bits per heavy atom. The number of methoxy groups -OCH3 is 1. The predicted octanol–water partition coefficient (Wildman–Crippen LogP) is 2.67. The lowest BCUT2D eigenvalue weighted by Crippen LogP contribution is -2.40. The van der Waals surface area contributed by atoms with Gasteiger partial charge in [-0.25, -0.2) is 9.78 Å². The maximum atomic E-state index is 12.1. The van der Waals surface area contributed by atoms with Crippen molar-refractivity contribution in [1.29, 1.82) is 0 Å². The lowest BCUT2D eigenvalue weighted by Gasteiger charge is -2.26. The van der Waals surface area contributed by atoms with Gasteiger partial charge in [0, 0.05) is 23.2 Å². The van der Waals surface area contributed by atoms with Crippen LogP contribution in [0.25, 0.3) is 10.9 Å². The second-order valence-electron chi connectivity index (χ2n) is 5.87. The first-order chi connectivity index (χ1) is 11.1. The number of anilines is 1. The predicted molar refractivity (Wildman–Crippen MR) is 88.7 cm³/mol. The van der Waals surface area contributed by atoms with Crippen LogP contribution < -0.4 is 15.4 Å². The van der Waals surface area contributed by atoms with Gasteiger partial charge in [-0.1, -0.05) is 0 Å². The van der Waals surface area contributed by atoms with E-state index in [2.05, 4.69) is 15.6 Å². The minimum atomic E-state index is -0.221. The number of aliphatic hydroxyl groups is 1. The van der Waals surface area contributed by atoms with E-state index in [0.717, 1.165) is 42.3 Å². The van der Waals surface area contributed by atoms with Gasteiger partial charge in [-0.3, -0.25) is 0 Å². The molecule has 0 unspecified atom stereocenters. The highest BCUT2D eigenvalue weighted by atomic mass is 16.5. The smallest absolute Gasteiger partial charge is 0.319 e. The zero-order chi connectivity index (χ0) is 16.2. The number of nitrogens with one attached hydrogen (secondary N) is 2. The Kier molecular flexibility index (Phi) is 4.62. The maximum absolute atomic E-state index is 12.1. The summed E-state index contributed by atoms with van der Waals surface area (Å²) < 4.78 is 5.10. The van der Waals surface area contributed by atoms with Crippen molar-refractivity contribution >= 4 is 22.6 Å². The quantitative estimate of drug-likeness (QED) is 0.813. The molecule has 1 fully saturated rings. The average molecular weight is 315 g/mol. The highest BCUT2D eigenvalue weighted by Gasteiger charge is 2.20. The molecule has 3 rings (SSSR count). The number of rotatable bonds is 3. The van der Waals surface area contributed by atoms with Crippen LogP contribution >= 0.6 is 0 Å². The summed E-state index contributed by atoms with van der Waals surface area (Å²) in [5.74, 6) is 0.565. The van der Waals surface area contributed by atoms with Gasteiger partial charge in [0.15, 0.2) is 0 Å². The Bertz CT molecular complexity index is 697. The summed E-state index contributed by atoms with van der Waals surface area (Å²) in [5.41, 5.74) is 1.54. The van der Waals surface area contributed by atoms with Crippen molar-refractivity contribution in [2.45, 2.75) is 37.8 Å². The van der Waals surface area contributed by atoms with Crippen LogP contribution in [0.1, 0.15) is 25.7 Å². The molecular formula is C17H21N3O3. The molecule has 0 spiro atoms. The second kappa shape index (κ2) is 6.83. The van der Waals surface area contributed by atoms with Crippen molar-refractivity contribution in [2.75, 3.05) is 12.4 Å². The zero-order valence-electron chi connectivity index (χ0n) is 13.1. The number of fused-ring (bicyclic) bond motifs is 1. The summed E-state index contributed by atoms with van der Waals surface area (Å²) >= 11 is 0. The average Bonchev–Trinajstić information content (AvgIpc) is 2.56. The second-order valence-corrected chi connectivity index (χ2v) is 5.87. The van der Waals surface area contributed by atoms with Gasteiger partial charge in [-0.15, -0.1) is 0 Å². The van der Waals surface area contributed by atoms with Crippen LogP contribution in [-0.2, 0) is 0 Å². The molecule has 0 aliphatic heterocycles. The zero-order valence-corrected chi connectivity index (χ0v) is 13.1. The molecular weight excluding hydrogens is 294 g/mol. The number of benzene rings is 1. The molecule has 6 nitrogen and oxygen atoms in total. The first-order valence-electron chi connectivity index (χ1n) is 7.84. The van der Waals surface area contributed by atoms with Crippen LogP contribution in [0.2, 0.25) is 0 Å². The molecule has 23 heavy (non-hydrogen) atoms. The van der Waals surface area contributed by atoms with E-state index >= 15 is 0 Å². The molecule has 6 heteroatoms. The fourth-order valence-electron chi connectivity index (χ4n) is 2.87. The van der Waals surface area contributed by atoms with E-state index in [1.54, 1.807) is 13.2 Å². The molecule has 2 aromatic rings. The number of hydrogen-bond acceptors (Lipinski definition) is 4. The molecule has 1 aliphatic carbocycles. The van der Waals surface area contributed by atoms with E-state index in [1.807, 2.05) is 24.3 Å². The first-order valence-corrected chi connectivity index (χ1v) is 7.84. The number of aliphatic hydroxyl groups excluding tert-OH is 1. The van der Waals surface area contributed by atoms with Crippen LogP contribution in [0, 0.1) is 0 Å². The number of aromatic nitrogens is 1. The van der Waals surface area contributed by atoms with Crippen LogP contribution in [0.5, 0.6) is 5.88 Å². The normalized spacial score (nSPS) is 21.0. The van der Waals surface area contributed by atoms with E-state index in [4.69, 9.17) is 4.74 Å². The van der Waals surface area contributed by atoms with Gasteiger partial charge in [-0.05, 0) is 49.9 Å². The highest BCUT2D eigenvalue weighted by molar-refractivity contribution is 5.92. The summed E-state index contributed by atoms with van der Waals surface area (Å²) in [4.78, 5) is 16.4. The van der Waals surface area contributed by atoms with Gasteiger partial charge >= 0.3 is 6.03 Å². The molecule has 1 aliphatic rings. The molecule has 0 saturated heterocycles. The third-order valence-electron chi connectivity index (χ3n) is 4.16. The molecule has 1 aromatic carbocycles. The van der Waals surface area contributed by atoms with Crippen molar-refractivity contribution < 1.29 is 14.6 Å². The molecule has 0 atom stereocenters. The van der Waals surface area contributed by atoms with E-state index in [9.17, 15) is 9.90 Å². The number of carbonyl (C=O) groups is 1. The fraction of sp³-hybridized carbons (Fsp3) is 0.412. The minimum Gasteiger partial charge on any atom is -0.481 e. The van der Waals surface area contributed by atoms with E-state index in [0.29, 0.717) is 5.88 Å². The maximum Gasteiger partial charge on any atom is 0.319 e. The number of urea groups is 1. The largest absolute Gasteiger partial charge is 0.481 e. The topological polar surface area (TPSA) is 83.5 Å². The summed E-state index contributed by atoms with van der Waals surface area (Å²) in [6.45, 7) is 0. The lowest BCUT2D eigenvalue weighted by atomic mass is 9.93. The van der Waals surface area contributed by atoms with Crippen molar-refractivity contribution in [2.24, 2.45) is 0 Å². The van der Waals surface area contributed by atoms with Gasteiger partial charge in [0.2, 0.25) is 5.88 Å². The van der Waals surface area contributed by atoms with Gasteiger partial charge < -0.3 is 20.5 Å². The summed E-state index contributed by atoms with van der Waals surface area (Å²) in [7, 11) is 1.58. The van der Waals surface area contributed by atoms with Crippen molar-refractivity contribution in [3.63, 3.8) is 0 Å². The van der Waals surface area contributed by atoms with E-state index in [1.165, 1.54) is 0 Å². The van der Waals surface area contributed by atoms with Crippen molar-refractivity contribution in [3.8, 4) is 5.88 Å². The van der Waals surface area contributed by atoms with Crippen LogP contribution in [0.4, 0.5) is 10.5 Å². The SMILES string of the molecule is COc1ccc2cc(NC(=O)NC3CCC(O)CC3)ccc2n1. The Morgan fingerprint density at radius 1 is 1.22 bits per heavy atom. The number of amides is 2. The number of carbonyl (C=O) groups excluding carboxylic acids is 1. The van der Waals surface area contributed by atoms with E-state index < -0.39 is 0 Å². The molecule has 1 saturated carbocycles. The summed E-state index contributed by atoms with van der Waals surface area (Å²) in [5, 5.41) is 16.2. The molecule has 1 aromatic heterocycles. The van der Waals surface area contributed by atoms with Crippen LogP contribution in [-0.4, -0.2) is 35.4 Å². The van der Waals surface area contributed by atoms with Gasteiger partial charge in [-0.2, -0.15) is 0 Å². The third-order valence-corrected chi connectivity index (χ3v) is 4.16. The molecule has 122 valence electrons. The molecule has 0 bridgehead atoms. The van der Waals surface area contributed by atoms with Crippen LogP contribution in [0.3, 0.4) is 0 Å². The Hall–Kier alpha value is -2.34. The summed E-state index contributed by atoms with van der Waals surface area (Å²) in [6, 6.07) is 9.17. The molecule has 0 radical (unpaired) electrons. The number of nitrogens with zero attached hydrogens (tertiary/aromatic N) is 1. The third kappa shape index (κ3) is 3.90. The first kappa shape index (κ1) is 15.6. The van der Waals surface area contributed by atoms with Crippen LogP contribution in [0.15, 0.2) is 30.3 Å². The molecule has 2 amide bonds.